The van der Waals surface area contributed by atoms with Gasteiger partial charge in [0.1, 0.15) is 11.3 Å². The van der Waals surface area contributed by atoms with Crippen LogP contribution in [0, 0.1) is 0 Å². The fourth-order valence-corrected chi connectivity index (χ4v) is 2.95. The van der Waals surface area contributed by atoms with Gasteiger partial charge in [-0.1, -0.05) is 18.2 Å². The zero-order valence-corrected chi connectivity index (χ0v) is 13.0. The largest absolute Gasteiger partial charge is 0.496 e. The SMILES string of the molecule is COC(=O)C(C)(c1ccccc1OC)N1CCCNCC1. The minimum Gasteiger partial charge on any atom is -0.496 e. The lowest BCUT2D eigenvalue weighted by molar-refractivity contribution is -0.155. The third-order valence-corrected chi connectivity index (χ3v) is 4.19. The highest BCUT2D eigenvalue weighted by Gasteiger charge is 2.44. The normalized spacial score (nSPS) is 19.4. The van der Waals surface area contributed by atoms with E-state index in [1.165, 1.54) is 7.11 Å². The highest BCUT2D eigenvalue weighted by atomic mass is 16.5. The van der Waals surface area contributed by atoms with E-state index in [1.807, 2.05) is 31.2 Å². The molecule has 116 valence electrons. The molecule has 1 unspecified atom stereocenters. The molecule has 2 rings (SSSR count). The first-order valence-corrected chi connectivity index (χ1v) is 7.32. The molecule has 21 heavy (non-hydrogen) atoms. The molecule has 0 aliphatic carbocycles. The van der Waals surface area contributed by atoms with Gasteiger partial charge in [0.05, 0.1) is 14.2 Å². The van der Waals surface area contributed by atoms with E-state index in [4.69, 9.17) is 9.47 Å². The Labute approximate surface area is 126 Å². The minimum absolute atomic E-state index is 0.256. The minimum atomic E-state index is -0.840. The number of ether oxygens (including phenoxy) is 2. The Kier molecular flexibility index (Phi) is 5.20. The maximum atomic E-state index is 12.6. The predicted molar refractivity (Wildman–Crippen MR) is 81.4 cm³/mol. The molecule has 1 aromatic rings. The van der Waals surface area contributed by atoms with Crippen LogP contribution in [0.25, 0.3) is 0 Å². The van der Waals surface area contributed by atoms with E-state index >= 15 is 0 Å². The first-order chi connectivity index (χ1) is 10.1. The van der Waals surface area contributed by atoms with Crippen molar-refractivity contribution in [3.63, 3.8) is 0 Å². The van der Waals surface area contributed by atoms with Crippen molar-refractivity contribution >= 4 is 5.97 Å². The molecule has 1 fully saturated rings. The number of methoxy groups -OCH3 is 2. The molecule has 1 saturated heterocycles. The van der Waals surface area contributed by atoms with Gasteiger partial charge in [-0.15, -0.1) is 0 Å². The molecule has 0 amide bonds. The van der Waals surface area contributed by atoms with E-state index in [0.717, 1.165) is 38.2 Å². The van der Waals surface area contributed by atoms with Gasteiger partial charge in [0.15, 0.2) is 0 Å². The highest BCUT2D eigenvalue weighted by Crippen LogP contribution is 2.36. The lowest BCUT2D eigenvalue weighted by atomic mass is 9.88. The van der Waals surface area contributed by atoms with Crippen LogP contribution < -0.4 is 10.1 Å². The van der Waals surface area contributed by atoms with E-state index in [9.17, 15) is 4.79 Å². The number of hydrogen-bond donors (Lipinski definition) is 1. The summed E-state index contributed by atoms with van der Waals surface area (Å²) in [7, 11) is 3.06. The number of carbonyl (C=O) groups excluding carboxylic acids is 1. The Morgan fingerprint density at radius 2 is 2.00 bits per heavy atom. The number of para-hydroxylation sites is 1. The van der Waals surface area contributed by atoms with Crippen molar-refractivity contribution in [2.75, 3.05) is 40.4 Å². The van der Waals surface area contributed by atoms with Crippen LogP contribution in [-0.4, -0.2) is 51.3 Å². The van der Waals surface area contributed by atoms with Gasteiger partial charge in [0, 0.05) is 25.2 Å². The molecule has 5 heteroatoms. The van der Waals surface area contributed by atoms with Gasteiger partial charge in [0.2, 0.25) is 0 Å². The maximum absolute atomic E-state index is 12.6. The van der Waals surface area contributed by atoms with Crippen LogP contribution in [0.3, 0.4) is 0 Å². The lowest BCUT2D eigenvalue weighted by Gasteiger charge is -2.39. The van der Waals surface area contributed by atoms with Crippen molar-refractivity contribution in [1.29, 1.82) is 0 Å². The van der Waals surface area contributed by atoms with Gasteiger partial charge >= 0.3 is 5.97 Å². The highest BCUT2D eigenvalue weighted by molar-refractivity contribution is 5.83. The second-order valence-corrected chi connectivity index (χ2v) is 5.35. The van der Waals surface area contributed by atoms with E-state index in [2.05, 4.69) is 10.2 Å². The molecule has 1 aliphatic rings. The van der Waals surface area contributed by atoms with E-state index in [1.54, 1.807) is 7.11 Å². The Morgan fingerprint density at radius 1 is 1.24 bits per heavy atom. The van der Waals surface area contributed by atoms with Crippen molar-refractivity contribution in [3.8, 4) is 5.75 Å². The third kappa shape index (κ3) is 3.04. The molecule has 1 N–H and O–H groups in total. The molecule has 1 heterocycles. The van der Waals surface area contributed by atoms with Gasteiger partial charge in [0.25, 0.3) is 0 Å². The first kappa shape index (κ1) is 15.8. The fraction of sp³-hybridized carbons (Fsp3) is 0.562. The molecule has 1 atom stereocenters. The Hall–Kier alpha value is -1.59. The van der Waals surface area contributed by atoms with Gasteiger partial charge in [-0.25, -0.2) is 4.79 Å². The Morgan fingerprint density at radius 3 is 2.71 bits per heavy atom. The first-order valence-electron chi connectivity index (χ1n) is 7.32. The topological polar surface area (TPSA) is 50.8 Å². The van der Waals surface area contributed by atoms with Gasteiger partial charge in [-0.3, -0.25) is 4.90 Å². The monoisotopic (exact) mass is 292 g/mol. The van der Waals surface area contributed by atoms with E-state index in [-0.39, 0.29) is 5.97 Å². The molecule has 5 nitrogen and oxygen atoms in total. The fourth-order valence-electron chi connectivity index (χ4n) is 2.95. The molecular formula is C16H24N2O3. The second kappa shape index (κ2) is 6.91. The summed E-state index contributed by atoms with van der Waals surface area (Å²) in [5.74, 6) is 0.455. The molecule has 0 spiro atoms. The van der Waals surface area contributed by atoms with Crippen LogP contribution in [0.4, 0.5) is 0 Å². The summed E-state index contributed by atoms with van der Waals surface area (Å²) in [6.07, 6.45) is 1.00. The predicted octanol–water partition coefficient (Wildman–Crippen LogP) is 1.38. The van der Waals surface area contributed by atoms with Crippen molar-refractivity contribution in [2.45, 2.75) is 18.9 Å². The van der Waals surface area contributed by atoms with Crippen LogP contribution in [0.15, 0.2) is 24.3 Å². The van der Waals surface area contributed by atoms with Crippen molar-refractivity contribution < 1.29 is 14.3 Å². The Balaban J connectivity index is 2.47. The molecule has 0 bridgehead atoms. The number of carbonyl (C=O) groups is 1. The molecule has 0 radical (unpaired) electrons. The summed E-state index contributed by atoms with van der Waals surface area (Å²) in [5.41, 5.74) is 0.00847. The van der Waals surface area contributed by atoms with Crippen LogP contribution in [0.2, 0.25) is 0 Å². The Bertz CT molecular complexity index is 484. The smallest absolute Gasteiger partial charge is 0.330 e. The lowest BCUT2D eigenvalue weighted by Crippen LogP contribution is -2.51. The molecule has 0 aromatic heterocycles. The number of esters is 1. The average Bonchev–Trinajstić information content (AvgIpc) is 2.82. The standard InChI is InChI=1S/C16H24N2O3/c1-16(15(19)21-3,18-11-6-9-17-10-12-18)13-7-4-5-8-14(13)20-2/h4-5,7-8,17H,6,9-12H2,1-3H3. The van der Waals surface area contributed by atoms with Crippen molar-refractivity contribution in [1.82, 2.24) is 10.2 Å². The average molecular weight is 292 g/mol. The van der Waals surface area contributed by atoms with Crippen LogP contribution >= 0.6 is 0 Å². The number of hydrogen-bond acceptors (Lipinski definition) is 5. The molecular weight excluding hydrogens is 268 g/mol. The quantitative estimate of drug-likeness (QED) is 0.850. The summed E-state index contributed by atoms with van der Waals surface area (Å²) in [6, 6.07) is 7.65. The van der Waals surface area contributed by atoms with Crippen molar-refractivity contribution in [2.24, 2.45) is 0 Å². The number of rotatable bonds is 4. The van der Waals surface area contributed by atoms with Gasteiger partial charge in [-0.2, -0.15) is 0 Å². The number of nitrogens with one attached hydrogen (secondary N) is 1. The van der Waals surface area contributed by atoms with Crippen LogP contribution in [0.5, 0.6) is 5.75 Å². The van der Waals surface area contributed by atoms with Crippen molar-refractivity contribution in [3.05, 3.63) is 29.8 Å². The number of benzene rings is 1. The van der Waals surface area contributed by atoms with Crippen LogP contribution in [0.1, 0.15) is 18.9 Å². The van der Waals surface area contributed by atoms with Gasteiger partial charge < -0.3 is 14.8 Å². The summed E-state index contributed by atoms with van der Waals surface area (Å²) in [5, 5.41) is 3.36. The van der Waals surface area contributed by atoms with E-state index < -0.39 is 5.54 Å². The molecule has 0 saturated carbocycles. The summed E-state index contributed by atoms with van der Waals surface area (Å²) in [6.45, 7) is 5.39. The van der Waals surface area contributed by atoms with E-state index in [0.29, 0.717) is 5.75 Å². The molecule has 1 aromatic carbocycles. The summed E-state index contributed by atoms with van der Waals surface area (Å²) >= 11 is 0. The number of nitrogens with zero attached hydrogens (tertiary/aromatic N) is 1. The maximum Gasteiger partial charge on any atom is 0.330 e. The van der Waals surface area contributed by atoms with Gasteiger partial charge in [-0.05, 0) is 26.0 Å². The summed E-state index contributed by atoms with van der Waals surface area (Å²) < 4.78 is 10.6. The molecule has 1 aliphatic heterocycles. The van der Waals surface area contributed by atoms with Crippen LogP contribution in [-0.2, 0) is 15.1 Å². The summed E-state index contributed by atoms with van der Waals surface area (Å²) in [4.78, 5) is 14.8. The third-order valence-electron chi connectivity index (χ3n) is 4.19. The zero-order chi connectivity index (χ0) is 15.3. The zero-order valence-electron chi connectivity index (χ0n) is 13.0. The second-order valence-electron chi connectivity index (χ2n) is 5.35.